The van der Waals surface area contributed by atoms with Crippen molar-refractivity contribution in [2.45, 2.75) is 45.1 Å². The number of aryl methyl sites for hydroxylation is 2. The Labute approximate surface area is 155 Å². The molecule has 1 amide bonds. The SMILES string of the molecule is CC[C@H](NC(=O)COc1cccc(OC)c1)c1ccc2c(c1)CCCC2. The first-order valence-electron chi connectivity index (χ1n) is 9.37. The molecule has 0 spiro atoms. The molecule has 138 valence electrons. The summed E-state index contributed by atoms with van der Waals surface area (Å²) in [5, 5.41) is 3.09. The number of amides is 1. The van der Waals surface area contributed by atoms with Crippen LogP contribution in [0, 0.1) is 0 Å². The first kappa shape index (κ1) is 18.3. The van der Waals surface area contributed by atoms with Crippen LogP contribution < -0.4 is 14.8 Å². The van der Waals surface area contributed by atoms with Gasteiger partial charge in [-0.2, -0.15) is 0 Å². The molecule has 0 bridgehead atoms. The molecule has 1 atom stereocenters. The van der Waals surface area contributed by atoms with Crippen LogP contribution in [0.2, 0.25) is 0 Å². The zero-order valence-electron chi connectivity index (χ0n) is 15.6. The Kier molecular flexibility index (Phi) is 6.16. The highest BCUT2D eigenvalue weighted by Crippen LogP contribution is 2.26. The van der Waals surface area contributed by atoms with E-state index in [-0.39, 0.29) is 18.6 Å². The van der Waals surface area contributed by atoms with E-state index in [1.54, 1.807) is 13.2 Å². The fourth-order valence-corrected chi connectivity index (χ4v) is 3.47. The van der Waals surface area contributed by atoms with Crippen LogP contribution in [0.3, 0.4) is 0 Å². The molecule has 0 saturated carbocycles. The first-order chi connectivity index (χ1) is 12.7. The molecular formula is C22H27NO3. The summed E-state index contributed by atoms with van der Waals surface area (Å²) in [7, 11) is 1.61. The molecule has 2 aromatic carbocycles. The van der Waals surface area contributed by atoms with Crippen molar-refractivity contribution in [3.05, 3.63) is 59.2 Å². The van der Waals surface area contributed by atoms with Crippen LogP contribution in [0.15, 0.2) is 42.5 Å². The summed E-state index contributed by atoms with van der Waals surface area (Å²) in [6, 6.07) is 13.9. The molecule has 0 unspecified atom stereocenters. The lowest BCUT2D eigenvalue weighted by molar-refractivity contribution is -0.123. The number of carbonyl (C=O) groups excluding carboxylic acids is 1. The average Bonchev–Trinajstić information content (AvgIpc) is 2.70. The molecule has 0 aromatic heterocycles. The normalized spacial score (nSPS) is 14.2. The van der Waals surface area contributed by atoms with Crippen LogP contribution in [-0.4, -0.2) is 19.6 Å². The van der Waals surface area contributed by atoms with Crippen molar-refractivity contribution in [3.63, 3.8) is 0 Å². The maximum absolute atomic E-state index is 12.3. The predicted molar refractivity (Wildman–Crippen MR) is 103 cm³/mol. The van der Waals surface area contributed by atoms with Gasteiger partial charge in [-0.3, -0.25) is 4.79 Å². The second kappa shape index (κ2) is 8.75. The van der Waals surface area contributed by atoms with Crippen molar-refractivity contribution in [2.24, 2.45) is 0 Å². The third-order valence-electron chi connectivity index (χ3n) is 4.93. The lowest BCUT2D eigenvalue weighted by atomic mass is 9.89. The van der Waals surface area contributed by atoms with Gasteiger partial charge in [0.2, 0.25) is 0 Å². The molecule has 1 N–H and O–H groups in total. The maximum Gasteiger partial charge on any atom is 0.258 e. The van der Waals surface area contributed by atoms with Gasteiger partial charge in [-0.25, -0.2) is 0 Å². The monoisotopic (exact) mass is 353 g/mol. The van der Waals surface area contributed by atoms with Gasteiger partial charge in [0.1, 0.15) is 11.5 Å². The number of ether oxygens (including phenoxy) is 2. The van der Waals surface area contributed by atoms with E-state index in [2.05, 4.69) is 30.4 Å². The molecule has 1 aliphatic carbocycles. The van der Waals surface area contributed by atoms with Gasteiger partial charge in [-0.15, -0.1) is 0 Å². The number of methoxy groups -OCH3 is 1. The summed E-state index contributed by atoms with van der Waals surface area (Å²) in [5.41, 5.74) is 4.08. The number of carbonyl (C=O) groups is 1. The molecule has 0 aliphatic heterocycles. The van der Waals surface area contributed by atoms with E-state index in [1.165, 1.54) is 36.0 Å². The fraction of sp³-hybridized carbons (Fsp3) is 0.409. The van der Waals surface area contributed by atoms with Crippen molar-refractivity contribution in [1.29, 1.82) is 0 Å². The third-order valence-corrected chi connectivity index (χ3v) is 4.93. The van der Waals surface area contributed by atoms with Crippen LogP contribution in [0.1, 0.15) is 48.9 Å². The molecule has 4 heteroatoms. The minimum absolute atomic E-state index is 0.00535. The highest BCUT2D eigenvalue weighted by atomic mass is 16.5. The van der Waals surface area contributed by atoms with Gasteiger partial charge in [0.05, 0.1) is 13.2 Å². The van der Waals surface area contributed by atoms with E-state index in [4.69, 9.17) is 9.47 Å². The smallest absolute Gasteiger partial charge is 0.258 e. The van der Waals surface area contributed by atoms with Gasteiger partial charge in [0.15, 0.2) is 6.61 Å². The van der Waals surface area contributed by atoms with E-state index >= 15 is 0 Å². The second-order valence-corrected chi connectivity index (χ2v) is 6.73. The predicted octanol–water partition coefficient (Wildman–Crippen LogP) is 4.22. The van der Waals surface area contributed by atoms with Gasteiger partial charge in [-0.05, 0) is 60.9 Å². The topological polar surface area (TPSA) is 47.6 Å². The zero-order valence-corrected chi connectivity index (χ0v) is 15.6. The summed E-state index contributed by atoms with van der Waals surface area (Å²) in [6.07, 6.45) is 5.71. The Balaban J connectivity index is 1.59. The highest BCUT2D eigenvalue weighted by Gasteiger charge is 2.16. The minimum Gasteiger partial charge on any atom is -0.497 e. The Morgan fingerprint density at radius 2 is 1.85 bits per heavy atom. The summed E-state index contributed by atoms with van der Waals surface area (Å²) >= 11 is 0. The van der Waals surface area contributed by atoms with Crippen molar-refractivity contribution in [1.82, 2.24) is 5.32 Å². The van der Waals surface area contributed by atoms with Crippen LogP contribution in [0.5, 0.6) is 11.5 Å². The number of hydrogen-bond acceptors (Lipinski definition) is 3. The molecule has 4 nitrogen and oxygen atoms in total. The molecule has 1 aliphatic rings. The molecule has 26 heavy (non-hydrogen) atoms. The van der Waals surface area contributed by atoms with Crippen molar-refractivity contribution in [3.8, 4) is 11.5 Å². The average molecular weight is 353 g/mol. The Morgan fingerprint density at radius 3 is 2.62 bits per heavy atom. The molecule has 0 heterocycles. The zero-order chi connectivity index (χ0) is 18.4. The Hall–Kier alpha value is -2.49. The van der Waals surface area contributed by atoms with Crippen molar-refractivity contribution in [2.75, 3.05) is 13.7 Å². The Bertz CT molecular complexity index is 757. The van der Waals surface area contributed by atoms with E-state index in [0.29, 0.717) is 11.5 Å². The van der Waals surface area contributed by atoms with Crippen LogP contribution in [0.4, 0.5) is 0 Å². The summed E-state index contributed by atoms with van der Waals surface area (Å²) < 4.78 is 10.8. The van der Waals surface area contributed by atoms with E-state index in [0.717, 1.165) is 12.8 Å². The standard InChI is InChI=1S/C22H27NO3/c1-3-21(18-12-11-16-7-4-5-8-17(16)13-18)23-22(24)15-26-20-10-6-9-19(14-20)25-2/h6,9-14,21H,3-5,7-8,15H2,1-2H3,(H,23,24)/t21-/m0/s1. The van der Waals surface area contributed by atoms with Gasteiger partial charge in [0.25, 0.3) is 5.91 Å². The summed E-state index contributed by atoms with van der Waals surface area (Å²) in [6.45, 7) is 2.09. The number of rotatable bonds is 7. The molecule has 0 fully saturated rings. The van der Waals surface area contributed by atoms with Crippen molar-refractivity contribution < 1.29 is 14.3 Å². The van der Waals surface area contributed by atoms with Gasteiger partial charge in [0, 0.05) is 6.07 Å². The largest absolute Gasteiger partial charge is 0.497 e. The van der Waals surface area contributed by atoms with Crippen molar-refractivity contribution >= 4 is 5.91 Å². The Morgan fingerprint density at radius 1 is 1.08 bits per heavy atom. The second-order valence-electron chi connectivity index (χ2n) is 6.73. The van der Waals surface area contributed by atoms with E-state index in [1.807, 2.05) is 18.2 Å². The molecule has 2 aromatic rings. The fourth-order valence-electron chi connectivity index (χ4n) is 3.47. The number of nitrogens with one attached hydrogen (secondary N) is 1. The van der Waals surface area contributed by atoms with Crippen LogP contribution in [-0.2, 0) is 17.6 Å². The lowest BCUT2D eigenvalue weighted by Crippen LogP contribution is -2.32. The van der Waals surface area contributed by atoms with E-state index in [9.17, 15) is 4.79 Å². The van der Waals surface area contributed by atoms with Gasteiger partial charge in [-0.1, -0.05) is 31.2 Å². The number of fused-ring (bicyclic) bond motifs is 1. The molecular weight excluding hydrogens is 326 g/mol. The number of benzene rings is 2. The van der Waals surface area contributed by atoms with Gasteiger partial charge >= 0.3 is 0 Å². The molecule has 0 saturated heterocycles. The maximum atomic E-state index is 12.3. The minimum atomic E-state index is -0.114. The summed E-state index contributed by atoms with van der Waals surface area (Å²) in [4.78, 5) is 12.3. The molecule has 3 rings (SSSR count). The highest BCUT2D eigenvalue weighted by molar-refractivity contribution is 5.78. The third kappa shape index (κ3) is 4.57. The lowest BCUT2D eigenvalue weighted by Gasteiger charge is -2.22. The van der Waals surface area contributed by atoms with E-state index < -0.39 is 0 Å². The first-order valence-corrected chi connectivity index (χ1v) is 9.37. The van der Waals surface area contributed by atoms with Crippen LogP contribution in [0.25, 0.3) is 0 Å². The number of hydrogen-bond donors (Lipinski definition) is 1. The molecule has 0 radical (unpaired) electrons. The quantitative estimate of drug-likeness (QED) is 0.811. The summed E-state index contributed by atoms with van der Waals surface area (Å²) in [5.74, 6) is 1.22. The van der Waals surface area contributed by atoms with Gasteiger partial charge < -0.3 is 14.8 Å². The van der Waals surface area contributed by atoms with Crippen LogP contribution >= 0.6 is 0 Å².